The van der Waals surface area contributed by atoms with Crippen LogP contribution in [-0.4, -0.2) is 51.1 Å². The number of carbonyl (C=O) groups excluding carboxylic acids is 2. The average Bonchev–Trinajstić information content (AvgIpc) is 2.82. The molecule has 0 spiro atoms. The lowest BCUT2D eigenvalue weighted by molar-refractivity contribution is -0.141. The standard InChI is InChI=1S/C24H32N2O5/c1-6-20(24(28)25-2)26(16-18-7-11-19(29-3)12-8-18)23(27)14-10-17-9-13-21(30-4)22(15-17)31-5/h7-9,11-13,15,20H,6,10,14,16H2,1-5H3,(H,25,28). The van der Waals surface area contributed by atoms with Gasteiger partial charge in [0.2, 0.25) is 11.8 Å². The Balaban J connectivity index is 2.19. The fourth-order valence-electron chi connectivity index (χ4n) is 3.44. The first-order chi connectivity index (χ1) is 15.0. The van der Waals surface area contributed by atoms with E-state index in [1.807, 2.05) is 49.4 Å². The van der Waals surface area contributed by atoms with E-state index in [2.05, 4.69) is 5.32 Å². The van der Waals surface area contributed by atoms with Crippen LogP contribution in [0.15, 0.2) is 42.5 Å². The van der Waals surface area contributed by atoms with Crippen LogP contribution in [0, 0.1) is 0 Å². The molecule has 168 valence electrons. The van der Waals surface area contributed by atoms with Gasteiger partial charge < -0.3 is 24.4 Å². The highest BCUT2D eigenvalue weighted by Crippen LogP contribution is 2.28. The molecule has 0 aliphatic heterocycles. The first-order valence-corrected chi connectivity index (χ1v) is 10.3. The minimum absolute atomic E-state index is 0.0824. The SMILES string of the molecule is CCC(C(=O)NC)N(Cc1ccc(OC)cc1)C(=O)CCc1ccc(OC)c(OC)c1. The van der Waals surface area contributed by atoms with Gasteiger partial charge in [-0.05, 0) is 48.2 Å². The van der Waals surface area contributed by atoms with Crippen LogP contribution in [0.1, 0.15) is 30.9 Å². The Morgan fingerprint density at radius 3 is 2.13 bits per heavy atom. The first-order valence-electron chi connectivity index (χ1n) is 10.3. The molecule has 0 aliphatic rings. The Morgan fingerprint density at radius 1 is 0.935 bits per heavy atom. The van der Waals surface area contributed by atoms with Crippen LogP contribution in [0.5, 0.6) is 17.2 Å². The lowest BCUT2D eigenvalue weighted by Crippen LogP contribution is -2.48. The summed E-state index contributed by atoms with van der Waals surface area (Å²) in [6.45, 7) is 2.25. The average molecular weight is 429 g/mol. The molecule has 0 radical (unpaired) electrons. The van der Waals surface area contributed by atoms with Gasteiger partial charge in [-0.2, -0.15) is 0 Å². The Kier molecular flexibility index (Phi) is 9.18. The molecule has 0 aromatic heterocycles. The summed E-state index contributed by atoms with van der Waals surface area (Å²) in [4.78, 5) is 27.3. The number of carbonyl (C=O) groups is 2. The van der Waals surface area contributed by atoms with Crippen molar-refractivity contribution in [3.05, 3.63) is 53.6 Å². The molecule has 0 aliphatic carbocycles. The van der Waals surface area contributed by atoms with Crippen LogP contribution in [-0.2, 0) is 22.6 Å². The van der Waals surface area contributed by atoms with Gasteiger partial charge in [-0.1, -0.05) is 25.1 Å². The molecule has 0 saturated heterocycles. The van der Waals surface area contributed by atoms with Crippen LogP contribution in [0.4, 0.5) is 0 Å². The lowest BCUT2D eigenvalue weighted by Gasteiger charge is -2.30. The molecule has 0 fully saturated rings. The highest BCUT2D eigenvalue weighted by molar-refractivity contribution is 5.87. The quantitative estimate of drug-likeness (QED) is 0.595. The van der Waals surface area contributed by atoms with Gasteiger partial charge in [0.25, 0.3) is 0 Å². The number of benzene rings is 2. The highest BCUT2D eigenvalue weighted by atomic mass is 16.5. The normalized spacial score (nSPS) is 11.4. The van der Waals surface area contributed by atoms with Crippen molar-refractivity contribution in [2.24, 2.45) is 0 Å². The fraction of sp³-hybridized carbons (Fsp3) is 0.417. The molecule has 1 unspecified atom stereocenters. The van der Waals surface area contributed by atoms with Gasteiger partial charge in [0.05, 0.1) is 21.3 Å². The molecule has 31 heavy (non-hydrogen) atoms. The van der Waals surface area contributed by atoms with E-state index < -0.39 is 6.04 Å². The number of methoxy groups -OCH3 is 3. The van der Waals surface area contributed by atoms with E-state index in [4.69, 9.17) is 14.2 Å². The van der Waals surface area contributed by atoms with Crippen molar-refractivity contribution in [1.29, 1.82) is 0 Å². The zero-order chi connectivity index (χ0) is 22.8. The van der Waals surface area contributed by atoms with Crippen LogP contribution in [0.2, 0.25) is 0 Å². The Bertz CT molecular complexity index is 867. The van der Waals surface area contributed by atoms with Crippen molar-refractivity contribution >= 4 is 11.8 Å². The van der Waals surface area contributed by atoms with E-state index in [1.54, 1.807) is 33.3 Å². The number of hydrogen-bond acceptors (Lipinski definition) is 5. The van der Waals surface area contributed by atoms with Crippen LogP contribution in [0.25, 0.3) is 0 Å². The van der Waals surface area contributed by atoms with Gasteiger partial charge in [0.1, 0.15) is 11.8 Å². The number of nitrogens with one attached hydrogen (secondary N) is 1. The zero-order valence-corrected chi connectivity index (χ0v) is 18.9. The van der Waals surface area contributed by atoms with Crippen molar-refractivity contribution in [2.75, 3.05) is 28.4 Å². The third kappa shape index (κ3) is 6.38. The van der Waals surface area contributed by atoms with Crippen molar-refractivity contribution in [3.8, 4) is 17.2 Å². The largest absolute Gasteiger partial charge is 0.497 e. The molecular weight excluding hydrogens is 396 g/mol. The predicted octanol–water partition coefficient (Wildman–Crippen LogP) is 3.20. The van der Waals surface area contributed by atoms with Gasteiger partial charge >= 0.3 is 0 Å². The minimum Gasteiger partial charge on any atom is -0.497 e. The second kappa shape index (κ2) is 11.8. The molecule has 0 heterocycles. The fourth-order valence-corrected chi connectivity index (χ4v) is 3.44. The molecule has 2 aromatic carbocycles. The summed E-state index contributed by atoms with van der Waals surface area (Å²) >= 11 is 0. The van der Waals surface area contributed by atoms with Gasteiger partial charge in [0, 0.05) is 20.0 Å². The van der Waals surface area contributed by atoms with Crippen molar-refractivity contribution in [2.45, 2.75) is 38.8 Å². The molecule has 2 amide bonds. The van der Waals surface area contributed by atoms with E-state index in [0.29, 0.717) is 30.9 Å². The van der Waals surface area contributed by atoms with Gasteiger partial charge in [-0.25, -0.2) is 0 Å². The molecule has 0 bridgehead atoms. The summed E-state index contributed by atoms with van der Waals surface area (Å²) < 4.78 is 15.8. The smallest absolute Gasteiger partial charge is 0.242 e. The second-order valence-electron chi connectivity index (χ2n) is 7.10. The number of rotatable bonds is 11. The lowest BCUT2D eigenvalue weighted by atomic mass is 10.1. The van der Waals surface area contributed by atoms with E-state index in [9.17, 15) is 9.59 Å². The summed E-state index contributed by atoms with van der Waals surface area (Å²) in [6, 6.07) is 12.6. The summed E-state index contributed by atoms with van der Waals surface area (Å²) in [5, 5.41) is 2.67. The van der Waals surface area contributed by atoms with Gasteiger partial charge in [-0.3, -0.25) is 9.59 Å². The molecule has 7 nitrogen and oxygen atoms in total. The molecule has 7 heteroatoms. The number of aryl methyl sites for hydroxylation is 1. The molecular formula is C24H32N2O5. The second-order valence-corrected chi connectivity index (χ2v) is 7.10. The molecule has 2 rings (SSSR count). The minimum atomic E-state index is -0.537. The number of nitrogens with zero attached hydrogens (tertiary/aromatic N) is 1. The van der Waals surface area contributed by atoms with Gasteiger partial charge in [-0.15, -0.1) is 0 Å². The summed E-state index contributed by atoms with van der Waals surface area (Å²) in [5.74, 6) is 1.76. The maximum Gasteiger partial charge on any atom is 0.242 e. The van der Waals surface area contributed by atoms with Crippen LogP contribution in [0.3, 0.4) is 0 Å². The molecule has 0 saturated carbocycles. The molecule has 2 aromatic rings. The third-order valence-electron chi connectivity index (χ3n) is 5.22. The molecule has 1 N–H and O–H groups in total. The van der Waals surface area contributed by atoms with Crippen molar-refractivity contribution < 1.29 is 23.8 Å². The third-order valence-corrected chi connectivity index (χ3v) is 5.22. The Morgan fingerprint density at radius 2 is 1.58 bits per heavy atom. The van der Waals surface area contributed by atoms with Crippen molar-refractivity contribution in [3.63, 3.8) is 0 Å². The predicted molar refractivity (Wildman–Crippen MR) is 120 cm³/mol. The first kappa shape index (κ1) is 24.1. The summed E-state index contributed by atoms with van der Waals surface area (Å²) in [5.41, 5.74) is 1.89. The maximum atomic E-state index is 13.2. The number of likely N-dealkylation sites (N-methyl/N-ethyl adjacent to an activating group) is 1. The number of ether oxygens (including phenoxy) is 3. The van der Waals surface area contributed by atoms with E-state index in [1.165, 1.54) is 0 Å². The number of hydrogen-bond donors (Lipinski definition) is 1. The number of amides is 2. The van der Waals surface area contributed by atoms with Crippen molar-refractivity contribution in [1.82, 2.24) is 10.2 Å². The molecule has 1 atom stereocenters. The topological polar surface area (TPSA) is 77.1 Å². The van der Waals surface area contributed by atoms with E-state index in [-0.39, 0.29) is 18.2 Å². The van der Waals surface area contributed by atoms with E-state index in [0.717, 1.165) is 16.9 Å². The summed E-state index contributed by atoms with van der Waals surface area (Å²) in [7, 11) is 6.36. The Labute approximate surface area is 184 Å². The summed E-state index contributed by atoms with van der Waals surface area (Å²) in [6.07, 6.45) is 1.33. The van der Waals surface area contributed by atoms with Gasteiger partial charge in [0.15, 0.2) is 11.5 Å². The van der Waals surface area contributed by atoms with Crippen LogP contribution < -0.4 is 19.5 Å². The monoisotopic (exact) mass is 428 g/mol. The van der Waals surface area contributed by atoms with Crippen LogP contribution >= 0.6 is 0 Å². The van der Waals surface area contributed by atoms with E-state index >= 15 is 0 Å². The zero-order valence-electron chi connectivity index (χ0n) is 18.9. The highest BCUT2D eigenvalue weighted by Gasteiger charge is 2.27. The Hall–Kier alpha value is -3.22. The maximum absolute atomic E-state index is 13.2.